The second kappa shape index (κ2) is 9.78. The van der Waals surface area contributed by atoms with Gasteiger partial charge in [-0.25, -0.2) is 4.79 Å². The predicted molar refractivity (Wildman–Crippen MR) is 157 cm³/mol. The van der Waals surface area contributed by atoms with Gasteiger partial charge in [-0.15, -0.1) is 0 Å². The van der Waals surface area contributed by atoms with E-state index in [4.69, 9.17) is 4.74 Å². The highest BCUT2D eigenvalue weighted by atomic mass is 16.6. The number of rotatable bonds is 7. The summed E-state index contributed by atoms with van der Waals surface area (Å²) in [6, 6.07) is 32.6. The van der Waals surface area contributed by atoms with Crippen molar-refractivity contribution in [3.8, 4) is 0 Å². The molecule has 0 N–H and O–H groups in total. The minimum absolute atomic E-state index is 0.336. The van der Waals surface area contributed by atoms with Crippen molar-refractivity contribution in [3.63, 3.8) is 0 Å². The number of esters is 1. The van der Waals surface area contributed by atoms with Crippen molar-refractivity contribution < 1.29 is 9.53 Å². The summed E-state index contributed by atoms with van der Waals surface area (Å²) in [4.78, 5) is 21.8. The fourth-order valence-electron chi connectivity index (χ4n) is 5.01. The third-order valence-corrected chi connectivity index (χ3v) is 7.09. The van der Waals surface area contributed by atoms with Crippen molar-refractivity contribution in [2.45, 2.75) is 5.72 Å². The van der Waals surface area contributed by atoms with Crippen molar-refractivity contribution in [1.29, 1.82) is 0 Å². The number of benzene rings is 4. The zero-order valence-corrected chi connectivity index (χ0v) is 22.8. The molecule has 0 amide bonds. The van der Waals surface area contributed by atoms with Crippen LogP contribution in [0, 0.1) is 0 Å². The molecule has 1 heterocycles. The molecule has 6 heteroatoms. The molecule has 38 heavy (non-hydrogen) atoms. The Kier molecular flexibility index (Phi) is 6.49. The Morgan fingerprint density at radius 2 is 0.921 bits per heavy atom. The Labute approximate surface area is 225 Å². The van der Waals surface area contributed by atoms with Crippen molar-refractivity contribution >= 4 is 34.4 Å². The summed E-state index contributed by atoms with van der Waals surface area (Å²) in [5, 5.41) is 0. The topological polar surface area (TPSA) is 39.3 Å². The van der Waals surface area contributed by atoms with Gasteiger partial charge in [0.2, 0.25) is 5.72 Å². The van der Waals surface area contributed by atoms with Gasteiger partial charge in [0.25, 0.3) is 0 Å². The molecule has 0 aliphatic carbocycles. The van der Waals surface area contributed by atoms with Crippen LogP contribution in [0.3, 0.4) is 0 Å². The number of carbonyl (C=O) groups is 1. The molecular formula is C32H34N4O2. The second-order valence-electron chi connectivity index (χ2n) is 10.2. The smallest absolute Gasteiger partial charge is 0.341 e. The largest absolute Gasteiger partial charge is 0.426 e. The number of carbonyl (C=O) groups excluding carboxylic acids is 1. The van der Waals surface area contributed by atoms with Gasteiger partial charge < -0.3 is 19.4 Å². The van der Waals surface area contributed by atoms with Crippen LogP contribution in [0.4, 0.5) is 28.4 Å². The summed E-state index contributed by atoms with van der Waals surface area (Å²) in [7, 11) is 12.1. The fourth-order valence-corrected chi connectivity index (χ4v) is 5.01. The standard InChI is InChI=1S/C32H34N4O2/c1-33(2)24-13-11-23(12-14-24)32(30-10-8-7-9-29(30)31(37)38-32)36(27-19-15-25(16-20-27)34(3)4)28-21-17-26(18-22-28)35(5)6/h7-22H,1-6H3. The normalized spacial score (nSPS) is 16.0. The third kappa shape index (κ3) is 4.22. The summed E-state index contributed by atoms with van der Waals surface area (Å²) in [5.74, 6) is -0.336. The lowest BCUT2D eigenvalue weighted by Gasteiger charge is -2.42. The van der Waals surface area contributed by atoms with Gasteiger partial charge in [-0.2, -0.15) is 0 Å². The first-order valence-corrected chi connectivity index (χ1v) is 12.7. The van der Waals surface area contributed by atoms with E-state index in [1.807, 2.05) is 66.6 Å². The van der Waals surface area contributed by atoms with Crippen molar-refractivity contribution in [2.24, 2.45) is 0 Å². The molecule has 0 radical (unpaired) electrons. The molecule has 0 fully saturated rings. The number of hydrogen-bond acceptors (Lipinski definition) is 6. The Hall–Kier alpha value is -4.45. The maximum absolute atomic E-state index is 13.4. The number of ether oxygens (including phenoxy) is 1. The van der Waals surface area contributed by atoms with Gasteiger partial charge in [-0.3, -0.25) is 4.90 Å². The molecule has 0 bridgehead atoms. The number of nitrogens with zero attached hydrogens (tertiary/aromatic N) is 4. The van der Waals surface area contributed by atoms with Gasteiger partial charge in [0.15, 0.2) is 0 Å². The first-order valence-electron chi connectivity index (χ1n) is 12.7. The minimum Gasteiger partial charge on any atom is -0.426 e. The zero-order valence-electron chi connectivity index (χ0n) is 22.8. The van der Waals surface area contributed by atoms with Gasteiger partial charge >= 0.3 is 5.97 Å². The number of hydrogen-bond donors (Lipinski definition) is 0. The second-order valence-corrected chi connectivity index (χ2v) is 10.2. The average Bonchev–Trinajstić information content (AvgIpc) is 3.22. The Morgan fingerprint density at radius 3 is 1.37 bits per heavy atom. The van der Waals surface area contributed by atoms with Crippen molar-refractivity contribution in [2.75, 3.05) is 61.9 Å². The number of cyclic esters (lactones) is 1. The van der Waals surface area contributed by atoms with E-state index in [0.29, 0.717) is 5.56 Å². The van der Waals surface area contributed by atoms with Crippen LogP contribution in [0.2, 0.25) is 0 Å². The summed E-state index contributed by atoms with van der Waals surface area (Å²) in [6.45, 7) is 0. The van der Waals surface area contributed by atoms with Gasteiger partial charge in [0.1, 0.15) is 0 Å². The quantitative estimate of drug-likeness (QED) is 0.282. The Bertz CT molecular complexity index is 1380. The SMILES string of the molecule is CN(C)c1ccc(N(c2ccc(N(C)C)cc2)C2(c3ccc(N(C)C)cc3)OC(=O)c3ccccc32)cc1. The molecule has 0 aromatic heterocycles. The average molecular weight is 507 g/mol. The molecule has 6 nitrogen and oxygen atoms in total. The maximum atomic E-state index is 13.4. The molecule has 0 saturated carbocycles. The van der Waals surface area contributed by atoms with E-state index < -0.39 is 5.72 Å². The number of fused-ring (bicyclic) bond motifs is 1. The van der Waals surface area contributed by atoms with E-state index in [1.165, 1.54) is 0 Å². The van der Waals surface area contributed by atoms with Gasteiger partial charge in [-0.05, 0) is 66.7 Å². The lowest BCUT2D eigenvalue weighted by molar-refractivity contribution is 0.0134. The van der Waals surface area contributed by atoms with E-state index in [0.717, 1.165) is 39.6 Å². The van der Waals surface area contributed by atoms with E-state index in [2.05, 4.69) is 92.4 Å². The van der Waals surface area contributed by atoms with Crippen LogP contribution in [0.1, 0.15) is 21.5 Å². The van der Waals surface area contributed by atoms with E-state index in [1.54, 1.807) is 0 Å². The summed E-state index contributed by atoms with van der Waals surface area (Å²) < 4.78 is 6.48. The monoisotopic (exact) mass is 506 g/mol. The number of anilines is 5. The predicted octanol–water partition coefficient (Wildman–Crippen LogP) is 6.09. The molecule has 194 valence electrons. The molecule has 0 spiro atoms. The van der Waals surface area contributed by atoms with Crippen LogP contribution in [0.15, 0.2) is 97.1 Å². The first-order chi connectivity index (χ1) is 18.2. The van der Waals surface area contributed by atoms with Gasteiger partial charge in [0, 0.05) is 81.8 Å². The highest BCUT2D eigenvalue weighted by Gasteiger charge is 2.52. The fraction of sp³-hybridized carbons (Fsp3) is 0.219. The molecule has 4 aromatic rings. The first kappa shape index (κ1) is 25.2. The van der Waals surface area contributed by atoms with Crippen LogP contribution >= 0.6 is 0 Å². The van der Waals surface area contributed by atoms with E-state index in [9.17, 15) is 4.79 Å². The molecule has 1 atom stereocenters. The molecular weight excluding hydrogens is 472 g/mol. The van der Waals surface area contributed by atoms with Gasteiger partial charge in [-0.1, -0.05) is 30.3 Å². The van der Waals surface area contributed by atoms with Crippen LogP contribution < -0.4 is 19.6 Å². The molecule has 4 aromatic carbocycles. The van der Waals surface area contributed by atoms with Crippen LogP contribution in [0.25, 0.3) is 0 Å². The molecule has 0 saturated heterocycles. The lowest BCUT2D eigenvalue weighted by Crippen LogP contribution is -2.45. The highest BCUT2D eigenvalue weighted by Crippen LogP contribution is 2.50. The molecule has 1 unspecified atom stereocenters. The molecule has 5 rings (SSSR count). The zero-order chi connectivity index (χ0) is 27.0. The summed E-state index contributed by atoms with van der Waals surface area (Å²) in [6.07, 6.45) is 0. The summed E-state index contributed by atoms with van der Waals surface area (Å²) >= 11 is 0. The minimum atomic E-state index is -1.20. The Morgan fingerprint density at radius 1 is 0.526 bits per heavy atom. The van der Waals surface area contributed by atoms with Gasteiger partial charge in [0.05, 0.1) is 5.56 Å². The van der Waals surface area contributed by atoms with E-state index in [-0.39, 0.29) is 5.97 Å². The highest BCUT2D eigenvalue weighted by molar-refractivity contribution is 5.97. The van der Waals surface area contributed by atoms with Crippen LogP contribution in [-0.2, 0) is 10.5 Å². The van der Waals surface area contributed by atoms with Crippen molar-refractivity contribution in [1.82, 2.24) is 0 Å². The Balaban J connectivity index is 1.80. The van der Waals surface area contributed by atoms with Crippen LogP contribution in [-0.4, -0.2) is 48.3 Å². The van der Waals surface area contributed by atoms with Crippen LogP contribution in [0.5, 0.6) is 0 Å². The maximum Gasteiger partial charge on any atom is 0.341 e. The lowest BCUT2D eigenvalue weighted by atomic mass is 9.90. The molecule has 1 aliphatic rings. The van der Waals surface area contributed by atoms with E-state index >= 15 is 0 Å². The third-order valence-electron chi connectivity index (χ3n) is 7.09. The van der Waals surface area contributed by atoms with Crippen molar-refractivity contribution in [3.05, 3.63) is 114 Å². The summed E-state index contributed by atoms with van der Waals surface area (Å²) in [5.41, 5.74) is 6.13. The molecule has 1 aliphatic heterocycles.